The summed E-state index contributed by atoms with van der Waals surface area (Å²) in [6, 6.07) is 9.20. The molecule has 1 atom stereocenters. The highest BCUT2D eigenvalue weighted by Crippen LogP contribution is 2.45. The standard InChI is InChI=1S/C25H31FN2O4S.C2HF3O2/c1-16-6-7-19(17(2)11-16)14-28-10-4-5-20(15-28)32-24-13-23(26)22(12-21(24)18-8-9-18)25(29)27-33(3,30)31;3-2(4,5)1(6)7/h6-7,11-13,18,20H,4-5,8-10,14-15H2,1-3H3,(H,27,29);(H,6,7). The van der Waals surface area contributed by atoms with E-state index in [1.165, 1.54) is 28.8 Å². The Balaban J connectivity index is 0.000000559. The van der Waals surface area contributed by atoms with Crippen LogP contribution >= 0.6 is 0 Å². The van der Waals surface area contributed by atoms with E-state index < -0.39 is 33.9 Å². The van der Waals surface area contributed by atoms with Crippen LogP contribution in [0, 0.1) is 19.7 Å². The number of likely N-dealkylation sites (tertiary alicyclic amines) is 1. The molecule has 0 radical (unpaired) electrons. The Hall–Kier alpha value is -3.19. The molecule has 8 nitrogen and oxygen atoms in total. The van der Waals surface area contributed by atoms with Gasteiger partial charge in [-0.25, -0.2) is 22.3 Å². The number of carbonyl (C=O) groups is 2. The molecule has 2 aliphatic rings. The molecule has 0 spiro atoms. The Bertz CT molecular complexity index is 1360. The van der Waals surface area contributed by atoms with Crippen LogP contribution in [0.5, 0.6) is 5.75 Å². The zero-order valence-corrected chi connectivity index (χ0v) is 23.2. The van der Waals surface area contributed by atoms with Crippen LogP contribution in [0.15, 0.2) is 30.3 Å². The van der Waals surface area contributed by atoms with Gasteiger partial charge in [0.1, 0.15) is 17.7 Å². The lowest BCUT2D eigenvalue weighted by atomic mass is 10.0. The number of rotatable bonds is 7. The number of aliphatic carboxylic acids is 1. The highest BCUT2D eigenvalue weighted by atomic mass is 32.2. The van der Waals surface area contributed by atoms with Gasteiger partial charge in [0.05, 0.1) is 11.8 Å². The fourth-order valence-electron chi connectivity index (χ4n) is 4.48. The average molecular weight is 589 g/mol. The Kier molecular flexibility index (Phi) is 9.83. The number of sulfonamides is 1. The van der Waals surface area contributed by atoms with Gasteiger partial charge in [0.2, 0.25) is 10.0 Å². The van der Waals surface area contributed by atoms with E-state index in [2.05, 4.69) is 36.9 Å². The molecular formula is C27H32F4N2O6S. The summed E-state index contributed by atoms with van der Waals surface area (Å²) in [7, 11) is -3.78. The molecular weight excluding hydrogens is 556 g/mol. The second-order valence-electron chi connectivity index (χ2n) is 10.2. The number of hydrogen-bond acceptors (Lipinski definition) is 6. The quantitative estimate of drug-likeness (QED) is 0.452. The van der Waals surface area contributed by atoms with E-state index in [0.717, 1.165) is 57.1 Å². The molecule has 1 amide bonds. The van der Waals surface area contributed by atoms with Crippen molar-refractivity contribution in [2.75, 3.05) is 19.3 Å². The maximum absolute atomic E-state index is 14.8. The molecule has 1 aliphatic heterocycles. The Morgan fingerprint density at radius 2 is 1.77 bits per heavy atom. The lowest BCUT2D eigenvalue weighted by Gasteiger charge is -2.33. The predicted octanol–water partition coefficient (Wildman–Crippen LogP) is 4.69. The number of amides is 1. The van der Waals surface area contributed by atoms with Crippen LogP contribution in [-0.4, -0.2) is 61.9 Å². The van der Waals surface area contributed by atoms with Crippen LogP contribution in [0.3, 0.4) is 0 Å². The third-order valence-electron chi connectivity index (χ3n) is 6.53. The Morgan fingerprint density at radius 1 is 1.12 bits per heavy atom. The summed E-state index contributed by atoms with van der Waals surface area (Å²) in [6.45, 7) is 6.80. The average Bonchev–Trinajstić information content (AvgIpc) is 3.65. The van der Waals surface area contributed by atoms with Crippen molar-refractivity contribution in [3.8, 4) is 5.75 Å². The molecule has 0 bridgehead atoms. The first-order valence-electron chi connectivity index (χ1n) is 12.6. The van der Waals surface area contributed by atoms with Crippen molar-refractivity contribution in [3.05, 3.63) is 64.0 Å². The van der Waals surface area contributed by atoms with Gasteiger partial charge < -0.3 is 9.84 Å². The molecule has 1 saturated carbocycles. The number of nitrogens with zero attached hydrogens (tertiary/aromatic N) is 1. The van der Waals surface area contributed by atoms with Gasteiger partial charge in [-0.1, -0.05) is 23.8 Å². The minimum Gasteiger partial charge on any atom is -0.489 e. The molecule has 13 heteroatoms. The maximum atomic E-state index is 14.8. The second kappa shape index (κ2) is 12.5. The molecule has 1 saturated heterocycles. The largest absolute Gasteiger partial charge is 0.490 e. The number of alkyl halides is 3. The van der Waals surface area contributed by atoms with Crippen LogP contribution in [0.25, 0.3) is 0 Å². The molecule has 0 aromatic heterocycles. The Labute approximate surface area is 230 Å². The number of carboxylic acids is 1. The van der Waals surface area contributed by atoms with Crippen molar-refractivity contribution >= 4 is 21.9 Å². The number of carbonyl (C=O) groups excluding carboxylic acids is 1. The second-order valence-corrected chi connectivity index (χ2v) is 11.9. The number of piperidine rings is 1. The van der Waals surface area contributed by atoms with Gasteiger partial charge in [-0.15, -0.1) is 0 Å². The summed E-state index contributed by atoms with van der Waals surface area (Å²) in [5.74, 6) is -3.82. The third kappa shape index (κ3) is 9.19. The number of ether oxygens (including phenoxy) is 1. The summed E-state index contributed by atoms with van der Waals surface area (Å²) < 4.78 is 77.5. The summed E-state index contributed by atoms with van der Waals surface area (Å²) >= 11 is 0. The van der Waals surface area contributed by atoms with E-state index in [-0.39, 0.29) is 17.6 Å². The summed E-state index contributed by atoms with van der Waals surface area (Å²) in [5, 5.41) is 7.12. The third-order valence-corrected chi connectivity index (χ3v) is 7.09. The van der Waals surface area contributed by atoms with Crippen LogP contribution in [0.4, 0.5) is 17.6 Å². The molecule has 2 N–H and O–H groups in total. The van der Waals surface area contributed by atoms with Crippen LogP contribution < -0.4 is 9.46 Å². The lowest BCUT2D eigenvalue weighted by Crippen LogP contribution is -2.40. The van der Waals surface area contributed by atoms with E-state index in [4.69, 9.17) is 14.6 Å². The number of nitrogens with one attached hydrogen (secondary N) is 1. The highest BCUT2D eigenvalue weighted by Gasteiger charge is 2.38. The van der Waals surface area contributed by atoms with Crippen molar-refractivity contribution in [1.82, 2.24) is 9.62 Å². The van der Waals surface area contributed by atoms with E-state index in [1.54, 1.807) is 0 Å². The van der Waals surface area contributed by atoms with Gasteiger partial charge in [-0.3, -0.25) is 9.69 Å². The fraction of sp³-hybridized carbons (Fsp3) is 0.481. The fourth-order valence-corrected chi connectivity index (χ4v) is 4.93. The number of benzene rings is 2. The lowest BCUT2D eigenvalue weighted by molar-refractivity contribution is -0.192. The summed E-state index contributed by atoms with van der Waals surface area (Å²) in [4.78, 5) is 23.5. The number of halogens is 4. The maximum Gasteiger partial charge on any atom is 0.490 e. The SMILES string of the molecule is Cc1ccc(CN2CCCC(Oc3cc(F)c(C(=O)NS(C)(=O)=O)cc3C3CC3)C2)c(C)c1.O=C(O)C(F)(F)F. The summed E-state index contributed by atoms with van der Waals surface area (Å²) in [5.41, 5.74) is 4.34. The minimum absolute atomic E-state index is 0.0721. The predicted molar refractivity (Wildman–Crippen MR) is 139 cm³/mol. The van der Waals surface area contributed by atoms with Gasteiger partial charge in [0.25, 0.3) is 5.91 Å². The zero-order chi connectivity index (χ0) is 29.8. The molecule has 2 aromatic carbocycles. The highest BCUT2D eigenvalue weighted by molar-refractivity contribution is 7.89. The van der Waals surface area contributed by atoms with Crippen LogP contribution in [0.1, 0.15) is 64.2 Å². The van der Waals surface area contributed by atoms with Gasteiger partial charge in [-0.2, -0.15) is 13.2 Å². The number of hydrogen-bond donors (Lipinski definition) is 2. The van der Waals surface area contributed by atoms with Crippen molar-refractivity contribution in [1.29, 1.82) is 0 Å². The number of carboxylic acid groups (broad SMARTS) is 1. The Morgan fingerprint density at radius 3 is 2.33 bits per heavy atom. The van der Waals surface area contributed by atoms with E-state index >= 15 is 0 Å². The molecule has 4 rings (SSSR count). The molecule has 1 heterocycles. The molecule has 40 heavy (non-hydrogen) atoms. The summed E-state index contributed by atoms with van der Waals surface area (Å²) in [6.07, 6.45) is -0.527. The van der Waals surface area contributed by atoms with Gasteiger partial charge in [0.15, 0.2) is 0 Å². The molecule has 1 aliphatic carbocycles. The normalized spacial score (nSPS) is 17.9. The van der Waals surface area contributed by atoms with Gasteiger partial charge >= 0.3 is 12.1 Å². The molecule has 2 fully saturated rings. The first-order valence-corrected chi connectivity index (χ1v) is 14.5. The van der Waals surface area contributed by atoms with E-state index in [1.807, 2.05) is 4.72 Å². The topological polar surface area (TPSA) is 113 Å². The first kappa shape index (κ1) is 31.3. The van der Waals surface area contributed by atoms with Gasteiger partial charge in [0, 0.05) is 19.2 Å². The van der Waals surface area contributed by atoms with Crippen molar-refractivity contribution < 1.29 is 45.4 Å². The van der Waals surface area contributed by atoms with Gasteiger partial charge in [-0.05, 0) is 74.8 Å². The monoisotopic (exact) mass is 588 g/mol. The van der Waals surface area contributed by atoms with Crippen molar-refractivity contribution in [3.63, 3.8) is 0 Å². The molecule has 220 valence electrons. The molecule has 1 unspecified atom stereocenters. The smallest absolute Gasteiger partial charge is 0.489 e. The van der Waals surface area contributed by atoms with Crippen LogP contribution in [0.2, 0.25) is 0 Å². The minimum atomic E-state index is -5.08. The van der Waals surface area contributed by atoms with E-state index in [0.29, 0.717) is 5.75 Å². The van der Waals surface area contributed by atoms with E-state index in [9.17, 15) is 30.8 Å². The zero-order valence-electron chi connectivity index (χ0n) is 22.3. The van der Waals surface area contributed by atoms with Crippen molar-refractivity contribution in [2.45, 2.75) is 64.3 Å². The first-order chi connectivity index (χ1) is 18.5. The molecule has 2 aromatic rings. The van der Waals surface area contributed by atoms with Crippen molar-refractivity contribution in [2.24, 2.45) is 0 Å². The van der Waals surface area contributed by atoms with Crippen LogP contribution in [-0.2, 0) is 21.4 Å². The number of aryl methyl sites for hydroxylation is 2.